The Morgan fingerprint density at radius 2 is 2.12 bits per heavy atom. The molecule has 1 amide bonds. The molecule has 1 heterocycles. The van der Waals surface area contributed by atoms with Crippen molar-refractivity contribution in [3.8, 4) is 0 Å². The van der Waals surface area contributed by atoms with E-state index in [4.69, 9.17) is 11.6 Å². The van der Waals surface area contributed by atoms with Crippen LogP contribution in [0.4, 0.5) is 0 Å². The number of amides is 1. The highest BCUT2D eigenvalue weighted by Crippen LogP contribution is 2.23. The van der Waals surface area contributed by atoms with E-state index in [9.17, 15) is 9.90 Å². The molecule has 90 valence electrons. The number of carbonyl (C=O) groups excluding carboxylic acids is 1. The minimum Gasteiger partial charge on any atom is -0.394 e. The number of nitrogens with one attached hydrogen (secondary N) is 1. The first kappa shape index (κ1) is 13.5. The van der Waals surface area contributed by atoms with Crippen LogP contribution in [0.3, 0.4) is 0 Å². The Morgan fingerprint density at radius 3 is 2.50 bits per heavy atom. The van der Waals surface area contributed by atoms with Gasteiger partial charge in [-0.15, -0.1) is 11.3 Å². The Labute approximate surface area is 104 Å². The van der Waals surface area contributed by atoms with E-state index in [-0.39, 0.29) is 12.5 Å². The Kier molecular flexibility index (Phi) is 4.77. The molecule has 0 radical (unpaired) electrons. The second kappa shape index (κ2) is 5.66. The normalized spacial score (nSPS) is 11.5. The van der Waals surface area contributed by atoms with Crippen LogP contribution in [0, 0.1) is 0 Å². The first-order valence-corrected chi connectivity index (χ1v) is 6.45. The number of thiophene rings is 1. The molecular weight excluding hydrogens is 246 g/mol. The van der Waals surface area contributed by atoms with Crippen LogP contribution in [0.5, 0.6) is 0 Å². The van der Waals surface area contributed by atoms with Crippen LogP contribution in [0.15, 0.2) is 12.1 Å². The van der Waals surface area contributed by atoms with Gasteiger partial charge in [0.1, 0.15) is 0 Å². The van der Waals surface area contributed by atoms with Crippen molar-refractivity contribution in [3.05, 3.63) is 21.3 Å². The van der Waals surface area contributed by atoms with E-state index in [1.165, 1.54) is 11.3 Å². The van der Waals surface area contributed by atoms with Gasteiger partial charge in [0.2, 0.25) is 0 Å². The molecule has 2 N–H and O–H groups in total. The molecule has 0 saturated carbocycles. The summed E-state index contributed by atoms with van der Waals surface area (Å²) in [6.45, 7) is 3.84. The van der Waals surface area contributed by atoms with Gasteiger partial charge in [0, 0.05) is 0 Å². The Balaban J connectivity index is 2.76. The van der Waals surface area contributed by atoms with Gasteiger partial charge in [-0.1, -0.05) is 25.4 Å². The van der Waals surface area contributed by atoms with E-state index in [1.54, 1.807) is 12.1 Å². The molecule has 1 rings (SSSR count). The SMILES string of the molecule is CCC(CC)(CO)NC(=O)c1ccc(Cl)s1. The van der Waals surface area contributed by atoms with Crippen molar-refractivity contribution in [2.24, 2.45) is 0 Å². The summed E-state index contributed by atoms with van der Waals surface area (Å²) in [7, 11) is 0. The lowest BCUT2D eigenvalue weighted by Crippen LogP contribution is -2.50. The van der Waals surface area contributed by atoms with E-state index in [0.717, 1.165) is 0 Å². The summed E-state index contributed by atoms with van der Waals surface area (Å²) in [6.07, 6.45) is 1.40. The molecule has 0 aromatic carbocycles. The molecule has 0 bridgehead atoms. The van der Waals surface area contributed by atoms with Gasteiger partial charge in [0.25, 0.3) is 5.91 Å². The van der Waals surface area contributed by atoms with E-state index in [1.807, 2.05) is 13.8 Å². The Hall–Kier alpha value is -0.580. The molecule has 0 saturated heterocycles. The largest absolute Gasteiger partial charge is 0.394 e. The van der Waals surface area contributed by atoms with Crippen LogP contribution in [0.25, 0.3) is 0 Å². The molecule has 1 aromatic rings. The van der Waals surface area contributed by atoms with Gasteiger partial charge >= 0.3 is 0 Å². The van der Waals surface area contributed by atoms with Crippen molar-refractivity contribution in [3.63, 3.8) is 0 Å². The number of rotatable bonds is 5. The number of carbonyl (C=O) groups is 1. The van der Waals surface area contributed by atoms with Crippen molar-refractivity contribution in [1.29, 1.82) is 0 Å². The van der Waals surface area contributed by atoms with Crippen LogP contribution in [0.1, 0.15) is 36.4 Å². The standard InChI is InChI=1S/C11H16ClNO2S/c1-3-11(4-2,7-14)13-10(15)8-5-6-9(12)16-8/h5-6,14H,3-4,7H2,1-2H3,(H,13,15). The highest BCUT2D eigenvalue weighted by Gasteiger charge is 2.27. The predicted molar refractivity (Wildman–Crippen MR) is 67.2 cm³/mol. The van der Waals surface area contributed by atoms with Gasteiger partial charge in [-0.3, -0.25) is 4.79 Å². The fourth-order valence-corrected chi connectivity index (χ4v) is 2.37. The Bertz CT molecular complexity index is 352. The molecule has 0 unspecified atom stereocenters. The van der Waals surface area contributed by atoms with Crippen molar-refractivity contribution in [1.82, 2.24) is 5.32 Å². The lowest BCUT2D eigenvalue weighted by atomic mass is 9.94. The predicted octanol–water partition coefficient (Wildman–Crippen LogP) is 2.68. The van der Waals surface area contributed by atoms with Gasteiger partial charge in [0.05, 0.1) is 21.4 Å². The molecule has 3 nitrogen and oxygen atoms in total. The first-order valence-electron chi connectivity index (χ1n) is 5.25. The molecule has 0 aliphatic rings. The minimum atomic E-state index is -0.520. The maximum absolute atomic E-state index is 11.9. The molecule has 0 aliphatic carbocycles. The second-order valence-corrected chi connectivity index (χ2v) is 5.42. The van der Waals surface area contributed by atoms with Gasteiger partial charge in [0.15, 0.2) is 0 Å². The molecule has 16 heavy (non-hydrogen) atoms. The lowest BCUT2D eigenvalue weighted by Gasteiger charge is -2.30. The van der Waals surface area contributed by atoms with Crippen LogP contribution < -0.4 is 5.32 Å². The van der Waals surface area contributed by atoms with Crippen molar-refractivity contribution < 1.29 is 9.90 Å². The summed E-state index contributed by atoms with van der Waals surface area (Å²) < 4.78 is 0.591. The Morgan fingerprint density at radius 1 is 1.50 bits per heavy atom. The number of hydrogen-bond acceptors (Lipinski definition) is 3. The highest BCUT2D eigenvalue weighted by atomic mass is 35.5. The van der Waals surface area contributed by atoms with E-state index < -0.39 is 5.54 Å². The average Bonchev–Trinajstić information content (AvgIpc) is 2.73. The summed E-state index contributed by atoms with van der Waals surface area (Å²) in [5.41, 5.74) is -0.520. The molecule has 5 heteroatoms. The van der Waals surface area contributed by atoms with Crippen LogP contribution in [-0.2, 0) is 0 Å². The number of hydrogen-bond donors (Lipinski definition) is 2. The van der Waals surface area contributed by atoms with Crippen molar-refractivity contribution in [2.45, 2.75) is 32.2 Å². The van der Waals surface area contributed by atoms with Crippen molar-refractivity contribution in [2.75, 3.05) is 6.61 Å². The number of aliphatic hydroxyl groups is 1. The zero-order chi connectivity index (χ0) is 12.2. The third-order valence-corrected chi connectivity index (χ3v) is 4.06. The zero-order valence-corrected chi connectivity index (χ0v) is 11.0. The van der Waals surface area contributed by atoms with Crippen LogP contribution in [0.2, 0.25) is 4.34 Å². The van der Waals surface area contributed by atoms with Crippen molar-refractivity contribution >= 4 is 28.8 Å². The van der Waals surface area contributed by atoms with Gasteiger partial charge in [-0.25, -0.2) is 0 Å². The monoisotopic (exact) mass is 261 g/mol. The summed E-state index contributed by atoms with van der Waals surface area (Å²) >= 11 is 7.01. The molecular formula is C11H16ClNO2S. The fourth-order valence-electron chi connectivity index (χ4n) is 1.43. The molecule has 1 aromatic heterocycles. The smallest absolute Gasteiger partial charge is 0.261 e. The van der Waals surface area contributed by atoms with Crippen LogP contribution in [-0.4, -0.2) is 23.2 Å². The molecule has 0 spiro atoms. The summed E-state index contributed by atoms with van der Waals surface area (Å²) in [6, 6.07) is 3.38. The number of halogens is 1. The highest BCUT2D eigenvalue weighted by molar-refractivity contribution is 7.18. The van der Waals surface area contributed by atoms with Gasteiger partial charge in [-0.05, 0) is 25.0 Å². The van der Waals surface area contributed by atoms with E-state index in [2.05, 4.69) is 5.32 Å². The first-order chi connectivity index (χ1) is 7.56. The molecule has 0 aliphatic heterocycles. The zero-order valence-electron chi connectivity index (χ0n) is 9.42. The minimum absolute atomic E-state index is 0.0507. The lowest BCUT2D eigenvalue weighted by molar-refractivity contribution is 0.0822. The summed E-state index contributed by atoms with van der Waals surface area (Å²) in [5, 5.41) is 12.2. The average molecular weight is 262 g/mol. The van der Waals surface area contributed by atoms with Gasteiger partial charge in [-0.2, -0.15) is 0 Å². The molecule has 0 atom stereocenters. The third-order valence-electron chi connectivity index (χ3n) is 2.83. The fraction of sp³-hybridized carbons (Fsp3) is 0.545. The second-order valence-electron chi connectivity index (χ2n) is 3.70. The van der Waals surface area contributed by atoms with Gasteiger partial charge < -0.3 is 10.4 Å². The third kappa shape index (κ3) is 2.97. The maximum Gasteiger partial charge on any atom is 0.261 e. The number of aliphatic hydroxyl groups excluding tert-OH is 1. The summed E-state index contributed by atoms with van der Waals surface area (Å²) in [4.78, 5) is 12.5. The topological polar surface area (TPSA) is 49.3 Å². The quantitative estimate of drug-likeness (QED) is 0.856. The van der Waals surface area contributed by atoms with Crippen LogP contribution >= 0.6 is 22.9 Å². The summed E-state index contributed by atoms with van der Waals surface area (Å²) in [5.74, 6) is -0.172. The molecule has 0 fully saturated rings. The van der Waals surface area contributed by atoms with E-state index >= 15 is 0 Å². The van der Waals surface area contributed by atoms with E-state index in [0.29, 0.717) is 22.1 Å². The maximum atomic E-state index is 11.9.